The molecule has 0 aliphatic carbocycles. The molecule has 0 amide bonds. The average molecular weight is 307 g/mol. The summed E-state index contributed by atoms with van der Waals surface area (Å²) in [7, 11) is 0. The van der Waals surface area contributed by atoms with Gasteiger partial charge in [0, 0.05) is 24.2 Å². The molecule has 0 aliphatic heterocycles. The fourth-order valence-corrected chi connectivity index (χ4v) is 2.05. The molecule has 0 saturated heterocycles. The fraction of sp³-hybridized carbons (Fsp3) is 0.188. The Kier molecular flexibility index (Phi) is 4.37. The second-order valence-electron chi connectivity index (χ2n) is 4.89. The van der Waals surface area contributed by atoms with Gasteiger partial charge in [-0.2, -0.15) is 0 Å². The summed E-state index contributed by atoms with van der Waals surface area (Å²) in [6.07, 6.45) is 4.17. The lowest BCUT2D eigenvalue weighted by atomic mass is 10.3. The third-order valence-corrected chi connectivity index (χ3v) is 3.19. The van der Waals surface area contributed by atoms with Crippen molar-refractivity contribution in [3.05, 3.63) is 54.2 Å². The van der Waals surface area contributed by atoms with Crippen molar-refractivity contribution in [2.45, 2.75) is 19.9 Å². The molecule has 0 fully saturated rings. The first kappa shape index (κ1) is 14.8. The van der Waals surface area contributed by atoms with E-state index in [2.05, 4.69) is 37.2 Å². The van der Waals surface area contributed by atoms with E-state index in [0.717, 1.165) is 17.8 Å². The number of hydrogen-bond acceptors (Lipinski definition) is 7. The quantitative estimate of drug-likeness (QED) is 0.744. The number of nitrogens with one attached hydrogen (secondary N) is 1. The molecule has 0 saturated carbocycles. The molecule has 3 heterocycles. The molecule has 7 heteroatoms. The van der Waals surface area contributed by atoms with Crippen LogP contribution < -0.4 is 11.1 Å². The fourth-order valence-electron chi connectivity index (χ4n) is 2.05. The minimum absolute atomic E-state index is 0.437. The molecule has 3 N–H and O–H groups in total. The van der Waals surface area contributed by atoms with Gasteiger partial charge in [-0.05, 0) is 24.6 Å². The number of nitrogens with zero attached hydrogens (tertiary/aromatic N) is 5. The molecule has 3 aromatic rings. The van der Waals surface area contributed by atoms with Crippen molar-refractivity contribution in [2.24, 2.45) is 0 Å². The van der Waals surface area contributed by atoms with Crippen molar-refractivity contribution in [3.8, 4) is 11.5 Å². The molecule has 0 bridgehead atoms. The Bertz CT molecular complexity index is 789. The van der Waals surface area contributed by atoms with Gasteiger partial charge in [-0.1, -0.05) is 13.0 Å². The number of rotatable bonds is 5. The smallest absolute Gasteiger partial charge is 0.180 e. The highest BCUT2D eigenvalue weighted by atomic mass is 15.1. The molecule has 0 aliphatic rings. The molecule has 7 nitrogen and oxygen atoms in total. The minimum Gasteiger partial charge on any atom is -0.384 e. The predicted molar refractivity (Wildman–Crippen MR) is 88.4 cm³/mol. The Morgan fingerprint density at radius 3 is 2.70 bits per heavy atom. The van der Waals surface area contributed by atoms with Gasteiger partial charge >= 0.3 is 0 Å². The van der Waals surface area contributed by atoms with E-state index < -0.39 is 0 Å². The number of aryl methyl sites for hydroxylation is 1. The van der Waals surface area contributed by atoms with Gasteiger partial charge < -0.3 is 11.1 Å². The third-order valence-electron chi connectivity index (χ3n) is 3.19. The highest BCUT2D eigenvalue weighted by molar-refractivity contribution is 5.52. The van der Waals surface area contributed by atoms with Gasteiger partial charge in [-0.25, -0.2) is 19.9 Å². The molecule has 116 valence electrons. The highest BCUT2D eigenvalue weighted by Gasteiger charge is 2.07. The van der Waals surface area contributed by atoms with Crippen LogP contribution in [-0.4, -0.2) is 24.9 Å². The van der Waals surface area contributed by atoms with Crippen molar-refractivity contribution in [1.82, 2.24) is 24.9 Å². The van der Waals surface area contributed by atoms with Gasteiger partial charge in [0.1, 0.15) is 23.2 Å². The Morgan fingerprint density at radius 2 is 1.96 bits per heavy atom. The molecule has 0 spiro atoms. The molecular formula is C16H17N7. The van der Waals surface area contributed by atoms with Crippen molar-refractivity contribution >= 4 is 11.6 Å². The van der Waals surface area contributed by atoms with Crippen LogP contribution in [0.5, 0.6) is 0 Å². The van der Waals surface area contributed by atoms with Crippen molar-refractivity contribution < 1.29 is 0 Å². The summed E-state index contributed by atoms with van der Waals surface area (Å²) in [6.45, 7) is 2.49. The van der Waals surface area contributed by atoms with Crippen molar-refractivity contribution in [1.29, 1.82) is 0 Å². The maximum atomic E-state index is 5.66. The van der Waals surface area contributed by atoms with Crippen LogP contribution in [0.25, 0.3) is 11.5 Å². The minimum atomic E-state index is 0.437. The van der Waals surface area contributed by atoms with Gasteiger partial charge in [0.15, 0.2) is 5.82 Å². The second kappa shape index (κ2) is 6.78. The summed E-state index contributed by atoms with van der Waals surface area (Å²) in [5, 5.41) is 3.21. The van der Waals surface area contributed by atoms with Gasteiger partial charge in [-0.15, -0.1) is 0 Å². The molecule has 0 unspecified atom stereocenters. The molecule has 0 atom stereocenters. The number of nitrogen functional groups attached to an aromatic ring is 1. The Labute approximate surface area is 134 Å². The maximum Gasteiger partial charge on any atom is 0.180 e. The molecule has 3 aromatic heterocycles. The first-order valence-electron chi connectivity index (χ1n) is 7.35. The molecular weight excluding hydrogens is 290 g/mol. The van der Waals surface area contributed by atoms with Crippen LogP contribution in [0.15, 0.2) is 42.7 Å². The predicted octanol–water partition coefficient (Wildman–Crippen LogP) is 2.09. The van der Waals surface area contributed by atoms with E-state index in [1.807, 2.05) is 24.3 Å². The van der Waals surface area contributed by atoms with Gasteiger partial charge in [0.2, 0.25) is 0 Å². The van der Waals surface area contributed by atoms with E-state index in [1.165, 1.54) is 0 Å². The number of hydrogen-bond donors (Lipinski definition) is 2. The van der Waals surface area contributed by atoms with E-state index in [4.69, 9.17) is 5.73 Å². The Hall–Kier alpha value is -3.09. The Balaban J connectivity index is 1.84. The SMILES string of the molecule is CCc1cc(NCc2nccc(N)n2)nc(-c2ccccn2)n1. The van der Waals surface area contributed by atoms with E-state index in [-0.39, 0.29) is 0 Å². The summed E-state index contributed by atoms with van der Waals surface area (Å²) in [5.74, 6) is 2.37. The zero-order chi connectivity index (χ0) is 16.1. The number of aromatic nitrogens is 5. The number of anilines is 2. The maximum absolute atomic E-state index is 5.66. The number of pyridine rings is 1. The summed E-state index contributed by atoms with van der Waals surface area (Å²) >= 11 is 0. The largest absolute Gasteiger partial charge is 0.384 e. The van der Waals surface area contributed by atoms with Crippen LogP contribution in [0.3, 0.4) is 0 Å². The first-order valence-corrected chi connectivity index (χ1v) is 7.35. The van der Waals surface area contributed by atoms with Crippen LogP contribution in [0.2, 0.25) is 0 Å². The second-order valence-corrected chi connectivity index (χ2v) is 4.89. The lowest BCUT2D eigenvalue weighted by Crippen LogP contribution is -2.08. The van der Waals surface area contributed by atoms with Gasteiger partial charge in [-0.3, -0.25) is 4.98 Å². The third kappa shape index (κ3) is 3.76. The lowest BCUT2D eigenvalue weighted by molar-refractivity contribution is 0.934. The van der Waals surface area contributed by atoms with Crippen molar-refractivity contribution in [2.75, 3.05) is 11.1 Å². The topological polar surface area (TPSA) is 102 Å². The standard InChI is InChI=1S/C16H17N7/c1-2-11-9-14(20-10-15-19-8-6-13(17)22-15)23-16(21-11)12-5-3-4-7-18-12/h3-9H,2,10H2,1H3,(H2,17,19,22)(H,20,21,23). The summed E-state index contributed by atoms with van der Waals surface area (Å²) < 4.78 is 0. The van der Waals surface area contributed by atoms with Gasteiger partial charge in [0.05, 0.1) is 6.54 Å². The van der Waals surface area contributed by atoms with Crippen molar-refractivity contribution in [3.63, 3.8) is 0 Å². The van der Waals surface area contributed by atoms with E-state index in [1.54, 1.807) is 18.5 Å². The zero-order valence-electron chi connectivity index (χ0n) is 12.8. The van der Waals surface area contributed by atoms with E-state index in [9.17, 15) is 0 Å². The van der Waals surface area contributed by atoms with E-state index in [0.29, 0.717) is 29.8 Å². The van der Waals surface area contributed by atoms with Crippen LogP contribution in [0.4, 0.5) is 11.6 Å². The van der Waals surface area contributed by atoms with Gasteiger partial charge in [0.25, 0.3) is 0 Å². The highest BCUT2D eigenvalue weighted by Crippen LogP contribution is 2.16. The monoisotopic (exact) mass is 307 g/mol. The summed E-state index contributed by atoms with van der Waals surface area (Å²) in [4.78, 5) is 21.7. The van der Waals surface area contributed by atoms with Crippen LogP contribution >= 0.6 is 0 Å². The van der Waals surface area contributed by atoms with Crippen LogP contribution in [0.1, 0.15) is 18.4 Å². The lowest BCUT2D eigenvalue weighted by Gasteiger charge is -2.09. The first-order chi connectivity index (χ1) is 11.2. The normalized spacial score (nSPS) is 10.5. The molecule has 23 heavy (non-hydrogen) atoms. The Morgan fingerprint density at radius 1 is 1.04 bits per heavy atom. The van der Waals surface area contributed by atoms with E-state index >= 15 is 0 Å². The molecule has 3 rings (SSSR count). The zero-order valence-corrected chi connectivity index (χ0v) is 12.8. The molecule has 0 aromatic carbocycles. The summed E-state index contributed by atoms with van der Waals surface area (Å²) in [5.41, 5.74) is 7.34. The molecule has 0 radical (unpaired) electrons. The van der Waals surface area contributed by atoms with Crippen LogP contribution in [0, 0.1) is 0 Å². The number of nitrogens with two attached hydrogens (primary N) is 1. The summed E-state index contributed by atoms with van der Waals surface area (Å²) in [6, 6.07) is 9.24. The average Bonchev–Trinajstić information content (AvgIpc) is 2.60. The van der Waals surface area contributed by atoms with Crippen LogP contribution in [-0.2, 0) is 13.0 Å².